The van der Waals surface area contributed by atoms with Gasteiger partial charge in [-0.2, -0.15) is 5.26 Å². The molecule has 0 spiro atoms. The number of rotatable bonds is 2. The first-order valence-corrected chi connectivity index (χ1v) is 6.80. The van der Waals surface area contributed by atoms with E-state index in [1.165, 1.54) is 0 Å². The van der Waals surface area contributed by atoms with Gasteiger partial charge in [-0.15, -0.1) is 0 Å². The molecule has 0 aromatic heterocycles. The van der Waals surface area contributed by atoms with Crippen LogP contribution < -0.4 is 5.32 Å². The summed E-state index contributed by atoms with van der Waals surface area (Å²) in [5.41, 5.74) is 1.61. The zero-order valence-electron chi connectivity index (χ0n) is 10.8. The predicted octanol–water partition coefficient (Wildman–Crippen LogP) is 1.27. The summed E-state index contributed by atoms with van der Waals surface area (Å²) in [4.78, 5) is 14.2. The van der Waals surface area contributed by atoms with Gasteiger partial charge in [0.25, 0.3) is 0 Å². The maximum absolute atomic E-state index is 12.3. The molecular weight excluding hydrogens is 238 g/mol. The zero-order chi connectivity index (χ0) is 13.2. The van der Waals surface area contributed by atoms with Crippen molar-refractivity contribution in [1.29, 1.82) is 5.26 Å². The van der Waals surface area contributed by atoms with E-state index in [2.05, 4.69) is 11.4 Å². The maximum atomic E-state index is 12.3. The minimum Gasteiger partial charge on any atom is -0.336 e. The van der Waals surface area contributed by atoms with E-state index in [-0.39, 0.29) is 11.8 Å². The highest BCUT2D eigenvalue weighted by Gasteiger charge is 2.41. The number of carbonyl (C=O) groups excluding carboxylic acids is 1. The SMILES string of the molecule is N#Cc1ccccc1CN1CC2NCCCC2C1=O. The molecular formula is C15H17N3O. The summed E-state index contributed by atoms with van der Waals surface area (Å²) in [5, 5.41) is 12.5. The first kappa shape index (κ1) is 12.2. The normalized spacial score (nSPS) is 26.1. The summed E-state index contributed by atoms with van der Waals surface area (Å²) in [6.45, 7) is 2.33. The molecule has 2 aliphatic heterocycles. The van der Waals surface area contributed by atoms with E-state index in [1.54, 1.807) is 6.07 Å². The molecule has 4 heteroatoms. The summed E-state index contributed by atoms with van der Waals surface area (Å²) in [6.07, 6.45) is 2.07. The quantitative estimate of drug-likeness (QED) is 0.865. The van der Waals surface area contributed by atoms with Gasteiger partial charge in [-0.05, 0) is 31.0 Å². The number of likely N-dealkylation sites (tertiary alicyclic amines) is 1. The van der Waals surface area contributed by atoms with Crippen molar-refractivity contribution in [3.05, 3.63) is 35.4 Å². The van der Waals surface area contributed by atoms with Crippen molar-refractivity contribution in [3.63, 3.8) is 0 Å². The van der Waals surface area contributed by atoms with E-state index >= 15 is 0 Å². The molecule has 0 saturated carbocycles. The van der Waals surface area contributed by atoms with Gasteiger partial charge in [-0.1, -0.05) is 18.2 Å². The van der Waals surface area contributed by atoms with Crippen LogP contribution in [0.5, 0.6) is 0 Å². The molecule has 2 unspecified atom stereocenters. The van der Waals surface area contributed by atoms with Gasteiger partial charge in [0.05, 0.1) is 17.6 Å². The Balaban J connectivity index is 1.77. The lowest BCUT2D eigenvalue weighted by atomic mass is 9.94. The molecule has 1 amide bonds. The number of hydrogen-bond donors (Lipinski definition) is 1. The molecule has 1 N–H and O–H groups in total. The molecule has 4 nitrogen and oxygen atoms in total. The third kappa shape index (κ3) is 2.22. The highest BCUT2D eigenvalue weighted by Crippen LogP contribution is 2.27. The van der Waals surface area contributed by atoms with Gasteiger partial charge in [-0.3, -0.25) is 4.79 Å². The van der Waals surface area contributed by atoms with Crippen molar-refractivity contribution in [3.8, 4) is 6.07 Å². The molecule has 2 saturated heterocycles. The number of carbonyl (C=O) groups is 1. The fourth-order valence-electron chi connectivity index (χ4n) is 3.12. The van der Waals surface area contributed by atoms with E-state index in [0.717, 1.165) is 31.5 Å². The van der Waals surface area contributed by atoms with E-state index < -0.39 is 0 Å². The summed E-state index contributed by atoms with van der Waals surface area (Å²) in [7, 11) is 0. The molecule has 19 heavy (non-hydrogen) atoms. The Hall–Kier alpha value is -1.86. The smallest absolute Gasteiger partial charge is 0.227 e. The summed E-state index contributed by atoms with van der Waals surface area (Å²) in [5.74, 6) is 0.382. The minimum atomic E-state index is 0.142. The number of benzene rings is 1. The molecule has 0 radical (unpaired) electrons. The predicted molar refractivity (Wildman–Crippen MR) is 71.1 cm³/mol. The minimum absolute atomic E-state index is 0.142. The van der Waals surface area contributed by atoms with E-state index in [4.69, 9.17) is 5.26 Å². The number of fused-ring (bicyclic) bond motifs is 1. The van der Waals surface area contributed by atoms with Crippen molar-refractivity contribution >= 4 is 5.91 Å². The Labute approximate surface area is 113 Å². The summed E-state index contributed by atoms with van der Waals surface area (Å²) < 4.78 is 0. The van der Waals surface area contributed by atoms with Crippen LogP contribution in [0.15, 0.2) is 24.3 Å². The number of nitrogens with zero attached hydrogens (tertiary/aromatic N) is 2. The number of nitrogens with one attached hydrogen (secondary N) is 1. The van der Waals surface area contributed by atoms with Crippen molar-refractivity contribution in [2.75, 3.05) is 13.1 Å². The third-order valence-corrected chi connectivity index (χ3v) is 4.13. The van der Waals surface area contributed by atoms with Gasteiger partial charge in [-0.25, -0.2) is 0 Å². The van der Waals surface area contributed by atoms with Crippen LogP contribution in [0.3, 0.4) is 0 Å². The van der Waals surface area contributed by atoms with Crippen LogP contribution in [-0.2, 0) is 11.3 Å². The van der Waals surface area contributed by atoms with Crippen LogP contribution in [0.1, 0.15) is 24.0 Å². The molecule has 2 atom stereocenters. The highest BCUT2D eigenvalue weighted by molar-refractivity contribution is 5.82. The summed E-state index contributed by atoms with van der Waals surface area (Å²) >= 11 is 0. The molecule has 2 fully saturated rings. The van der Waals surface area contributed by atoms with Gasteiger partial charge in [0.1, 0.15) is 0 Å². The monoisotopic (exact) mass is 255 g/mol. The Morgan fingerprint density at radius 1 is 1.42 bits per heavy atom. The van der Waals surface area contributed by atoms with Gasteiger partial charge in [0.2, 0.25) is 5.91 Å². The van der Waals surface area contributed by atoms with Crippen LogP contribution in [0.4, 0.5) is 0 Å². The van der Waals surface area contributed by atoms with Gasteiger partial charge >= 0.3 is 0 Å². The fourth-order valence-corrected chi connectivity index (χ4v) is 3.12. The Morgan fingerprint density at radius 2 is 2.26 bits per heavy atom. The Bertz CT molecular complexity index is 534. The molecule has 0 bridgehead atoms. The van der Waals surface area contributed by atoms with Crippen LogP contribution in [0.25, 0.3) is 0 Å². The highest BCUT2D eigenvalue weighted by atomic mass is 16.2. The standard InChI is InChI=1S/C15H17N3O/c16-8-11-4-1-2-5-12(11)9-18-10-14-13(15(18)19)6-3-7-17-14/h1-2,4-5,13-14,17H,3,6-7,9-10H2. The van der Waals surface area contributed by atoms with Crippen LogP contribution >= 0.6 is 0 Å². The first-order chi connectivity index (χ1) is 9.29. The molecule has 3 rings (SSSR count). The summed E-state index contributed by atoms with van der Waals surface area (Å²) in [6, 6.07) is 10.0. The van der Waals surface area contributed by atoms with Crippen molar-refractivity contribution in [1.82, 2.24) is 10.2 Å². The Kier molecular flexibility index (Phi) is 3.22. The van der Waals surface area contributed by atoms with Gasteiger partial charge < -0.3 is 10.2 Å². The zero-order valence-corrected chi connectivity index (χ0v) is 10.8. The third-order valence-electron chi connectivity index (χ3n) is 4.13. The second-order valence-corrected chi connectivity index (χ2v) is 5.30. The van der Waals surface area contributed by atoms with E-state index in [0.29, 0.717) is 18.2 Å². The molecule has 0 aliphatic carbocycles. The second kappa shape index (κ2) is 5.02. The number of nitriles is 1. The van der Waals surface area contributed by atoms with Crippen LogP contribution in [-0.4, -0.2) is 29.9 Å². The lowest BCUT2D eigenvalue weighted by Crippen LogP contribution is -2.41. The average molecular weight is 255 g/mol. The van der Waals surface area contributed by atoms with Crippen LogP contribution in [0, 0.1) is 17.2 Å². The largest absolute Gasteiger partial charge is 0.336 e. The number of hydrogen-bond acceptors (Lipinski definition) is 3. The molecule has 2 aliphatic rings. The number of piperidine rings is 1. The van der Waals surface area contributed by atoms with Crippen molar-refractivity contribution < 1.29 is 4.79 Å². The maximum Gasteiger partial charge on any atom is 0.227 e. The Morgan fingerprint density at radius 3 is 3.05 bits per heavy atom. The molecule has 1 aromatic rings. The van der Waals surface area contributed by atoms with Crippen molar-refractivity contribution in [2.45, 2.75) is 25.4 Å². The molecule has 2 heterocycles. The van der Waals surface area contributed by atoms with Crippen LogP contribution in [0.2, 0.25) is 0 Å². The second-order valence-electron chi connectivity index (χ2n) is 5.30. The first-order valence-electron chi connectivity index (χ1n) is 6.80. The molecule has 1 aromatic carbocycles. The van der Waals surface area contributed by atoms with E-state index in [1.807, 2.05) is 23.1 Å². The lowest BCUT2D eigenvalue weighted by Gasteiger charge is -2.23. The van der Waals surface area contributed by atoms with Crippen molar-refractivity contribution in [2.24, 2.45) is 5.92 Å². The number of amides is 1. The van der Waals surface area contributed by atoms with Gasteiger partial charge in [0, 0.05) is 19.1 Å². The van der Waals surface area contributed by atoms with Gasteiger partial charge in [0.15, 0.2) is 0 Å². The molecule has 98 valence electrons. The van der Waals surface area contributed by atoms with E-state index in [9.17, 15) is 4.79 Å². The average Bonchev–Trinajstić information content (AvgIpc) is 2.77. The lowest BCUT2D eigenvalue weighted by molar-refractivity contribution is -0.131. The topological polar surface area (TPSA) is 56.1 Å². The fraction of sp³-hybridized carbons (Fsp3) is 0.467.